The molecule has 0 bridgehead atoms. The summed E-state index contributed by atoms with van der Waals surface area (Å²) in [5.41, 5.74) is 3.29. The zero-order chi connectivity index (χ0) is 27.2. The number of anilines is 2. The van der Waals surface area contributed by atoms with Gasteiger partial charge in [-0.2, -0.15) is 0 Å². The number of benzene rings is 2. The van der Waals surface area contributed by atoms with E-state index < -0.39 is 11.6 Å². The molecular weight excluding hydrogens is 494 g/mol. The van der Waals surface area contributed by atoms with Gasteiger partial charge in [-0.25, -0.2) is 8.78 Å². The number of halogens is 2. The molecule has 8 nitrogen and oxygen atoms in total. The molecule has 5 rings (SSSR count). The van der Waals surface area contributed by atoms with Gasteiger partial charge in [0.05, 0.1) is 18.6 Å². The summed E-state index contributed by atoms with van der Waals surface area (Å²) in [4.78, 5) is 28.5. The van der Waals surface area contributed by atoms with E-state index >= 15 is 0 Å². The van der Waals surface area contributed by atoms with E-state index in [-0.39, 0.29) is 5.43 Å². The van der Waals surface area contributed by atoms with E-state index in [2.05, 4.69) is 5.32 Å². The summed E-state index contributed by atoms with van der Waals surface area (Å²) in [7, 11) is 3.93. The lowest BCUT2D eigenvalue weighted by molar-refractivity contribution is -0.109. The molecule has 2 aromatic carbocycles. The minimum absolute atomic E-state index is 0.0957. The lowest BCUT2D eigenvalue weighted by atomic mass is 10.1. The van der Waals surface area contributed by atoms with Gasteiger partial charge >= 0.3 is 0 Å². The highest BCUT2D eigenvalue weighted by Gasteiger charge is 2.25. The molecule has 2 aliphatic rings. The van der Waals surface area contributed by atoms with Crippen LogP contribution in [0, 0.1) is 18.6 Å². The number of aryl methyl sites for hydroxylation is 1. The predicted molar refractivity (Wildman–Crippen MR) is 144 cm³/mol. The lowest BCUT2D eigenvalue weighted by Crippen LogP contribution is -2.36. The van der Waals surface area contributed by atoms with E-state index in [1.165, 1.54) is 12.1 Å². The molecule has 0 unspecified atom stereocenters. The van der Waals surface area contributed by atoms with Crippen molar-refractivity contribution >= 4 is 29.0 Å². The Kier molecular flexibility index (Phi) is 8.96. The second kappa shape index (κ2) is 12.4. The maximum absolute atomic E-state index is 14.2. The number of likely N-dealkylation sites (N-methyl/N-ethyl adjacent to an activating group) is 1. The smallest absolute Gasteiger partial charge is 0.207 e. The van der Waals surface area contributed by atoms with Crippen LogP contribution in [0.5, 0.6) is 0 Å². The molecular formula is C28H34F2N4O4. The molecule has 3 aromatic rings. The Morgan fingerprint density at radius 2 is 1.84 bits per heavy atom. The van der Waals surface area contributed by atoms with Crippen LogP contribution in [-0.2, 0) is 22.5 Å². The molecule has 3 heterocycles. The topological polar surface area (TPSA) is 78.3 Å². The van der Waals surface area contributed by atoms with Crippen molar-refractivity contribution in [3.8, 4) is 0 Å². The second-order valence-electron chi connectivity index (χ2n) is 9.78. The average molecular weight is 529 g/mol. The number of nitrogens with zero attached hydrogens (tertiary/aromatic N) is 3. The Labute approximate surface area is 220 Å². The number of rotatable bonds is 7. The maximum atomic E-state index is 14.2. The molecule has 10 heteroatoms. The molecule has 0 spiro atoms. The van der Waals surface area contributed by atoms with E-state index in [0.29, 0.717) is 80.3 Å². The third-order valence-corrected chi connectivity index (χ3v) is 6.62. The molecule has 0 atom stereocenters. The summed E-state index contributed by atoms with van der Waals surface area (Å²) in [6.45, 7) is 7.04. The first kappa shape index (κ1) is 27.5. The van der Waals surface area contributed by atoms with Gasteiger partial charge in [-0.05, 0) is 45.1 Å². The molecule has 204 valence electrons. The summed E-state index contributed by atoms with van der Waals surface area (Å²) >= 11 is 0. The summed E-state index contributed by atoms with van der Waals surface area (Å²) < 4.78 is 39.6. The number of ether oxygens (including phenoxy) is 1. The van der Waals surface area contributed by atoms with Crippen LogP contribution in [0.15, 0.2) is 39.5 Å². The number of hydrogen-bond donors (Lipinski definition) is 1. The van der Waals surface area contributed by atoms with Crippen LogP contribution in [0.3, 0.4) is 0 Å². The van der Waals surface area contributed by atoms with Gasteiger partial charge < -0.3 is 29.2 Å². The van der Waals surface area contributed by atoms with Gasteiger partial charge in [0.1, 0.15) is 17.2 Å². The van der Waals surface area contributed by atoms with Crippen molar-refractivity contribution in [3.05, 3.63) is 68.9 Å². The van der Waals surface area contributed by atoms with Crippen molar-refractivity contribution in [2.24, 2.45) is 0 Å². The van der Waals surface area contributed by atoms with E-state index in [1.54, 1.807) is 0 Å². The van der Waals surface area contributed by atoms with Gasteiger partial charge in [-0.15, -0.1) is 0 Å². The minimum atomic E-state index is -0.589. The first-order valence-electron chi connectivity index (χ1n) is 12.7. The van der Waals surface area contributed by atoms with Gasteiger partial charge in [-0.3, -0.25) is 9.59 Å². The first-order valence-corrected chi connectivity index (χ1v) is 12.7. The molecule has 2 aliphatic heterocycles. The highest BCUT2D eigenvalue weighted by Crippen LogP contribution is 2.34. The van der Waals surface area contributed by atoms with E-state index in [9.17, 15) is 18.4 Å². The Bertz CT molecular complexity index is 1340. The Morgan fingerprint density at radius 1 is 1.08 bits per heavy atom. The average Bonchev–Trinajstić information content (AvgIpc) is 3.28. The van der Waals surface area contributed by atoms with Crippen LogP contribution in [0.25, 0.3) is 11.0 Å². The predicted octanol–water partition coefficient (Wildman–Crippen LogP) is 3.07. The van der Waals surface area contributed by atoms with Crippen LogP contribution >= 0.6 is 0 Å². The highest BCUT2D eigenvalue weighted by atomic mass is 19.1. The van der Waals surface area contributed by atoms with Crippen molar-refractivity contribution < 1.29 is 22.7 Å². The van der Waals surface area contributed by atoms with Crippen LogP contribution in [0.2, 0.25) is 0 Å². The van der Waals surface area contributed by atoms with Crippen molar-refractivity contribution in [2.75, 3.05) is 69.8 Å². The fraction of sp³-hybridized carbons (Fsp3) is 0.429. The van der Waals surface area contributed by atoms with Crippen LogP contribution < -0.4 is 20.5 Å². The highest BCUT2D eigenvalue weighted by molar-refractivity contribution is 5.82. The number of fused-ring (bicyclic) bond motifs is 2. The van der Waals surface area contributed by atoms with E-state index in [4.69, 9.17) is 9.15 Å². The van der Waals surface area contributed by atoms with Gasteiger partial charge in [0.25, 0.3) is 0 Å². The Hall–Kier alpha value is -3.50. The minimum Gasteiger partial charge on any atom is -0.440 e. The maximum Gasteiger partial charge on any atom is 0.207 e. The molecule has 0 saturated carbocycles. The number of hydrogen-bond acceptors (Lipinski definition) is 7. The summed E-state index contributed by atoms with van der Waals surface area (Å²) in [5, 5.41) is 3.08. The Balaban J connectivity index is 0.000000368. The quantitative estimate of drug-likeness (QED) is 0.373. The number of carbonyl (C=O) groups excluding carboxylic acids is 1. The van der Waals surface area contributed by atoms with Crippen molar-refractivity contribution in [3.63, 3.8) is 0 Å². The fourth-order valence-corrected chi connectivity index (χ4v) is 4.74. The summed E-state index contributed by atoms with van der Waals surface area (Å²) in [6, 6.07) is 7.64. The number of morpholine rings is 1. The second-order valence-corrected chi connectivity index (χ2v) is 9.78. The molecule has 1 N–H and O–H groups in total. The van der Waals surface area contributed by atoms with Crippen LogP contribution in [-0.4, -0.2) is 71.3 Å². The number of amides is 1. The molecule has 1 fully saturated rings. The zero-order valence-electron chi connectivity index (χ0n) is 22.1. The Morgan fingerprint density at radius 3 is 2.55 bits per heavy atom. The largest absolute Gasteiger partial charge is 0.440 e. The van der Waals surface area contributed by atoms with Crippen molar-refractivity contribution in [1.82, 2.24) is 10.2 Å². The molecule has 38 heavy (non-hydrogen) atoms. The standard InChI is InChI=1S/C23H22F2N2O3.C5H12N2O/c1-14-8-15(13-27-3-2-17-19(25)10-16(24)11-20(17)27)23-18(9-14)21(28)12-22(30-23)26-4-6-29-7-5-26;1-7(2)4-3-6-5-8/h8-12H,2-7,13H2,1H3;5H,3-4H2,1-2H3,(H,6,8). The van der Waals surface area contributed by atoms with Gasteiger partial charge in [0, 0.05) is 68.2 Å². The molecule has 1 saturated heterocycles. The normalized spacial score (nSPS) is 14.9. The molecule has 1 amide bonds. The number of carbonyl (C=O) groups is 1. The van der Waals surface area contributed by atoms with E-state index in [1.807, 2.05) is 47.9 Å². The fourth-order valence-electron chi connectivity index (χ4n) is 4.74. The third-order valence-electron chi connectivity index (χ3n) is 6.62. The third kappa shape index (κ3) is 6.49. The van der Waals surface area contributed by atoms with Gasteiger partial charge in [-0.1, -0.05) is 6.07 Å². The lowest BCUT2D eigenvalue weighted by Gasteiger charge is -2.27. The molecule has 0 radical (unpaired) electrons. The summed E-state index contributed by atoms with van der Waals surface area (Å²) in [5.74, 6) is -0.573. The first-order chi connectivity index (χ1) is 18.3. The zero-order valence-corrected chi connectivity index (χ0v) is 22.1. The van der Waals surface area contributed by atoms with Crippen LogP contribution in [0.1, 0.15) is 16.7 Å². The number of nitrogens with one attached hydrogen (secondary N) is 1. The van der Waals surface area contributed by atoms with E-state index in [0.717, 1.165) is 30.3 Å². The van der Waals surface area contributed by atoms with Gasteiger partial charge in [0.2, 0.25) is 6.41 Å². The summed E-state index contributed by atoms with van der Waals surface area (Å²) in [6.07, 6.45) is 1.23. The van der Waals surface area contributed by atoms with Crippen LogP contribution in [0.4, 0.5) is 20.4 Å². The van der Waals surface area contributed by atoms with Gasteiger partial charge in [0.15, 0.2) is 11.3 Å². The molecule has 0 aliphatic carbocycles. The van der Waals surface area contributed by atoms with Crippen molar-refractivity contribution in [1.29, 1.82) is 0 Å². The monoisotopic (exact) mass is 528 g/mol. The molecule has 1 aromatic heterocycles. The van der Waals surface area contributed by atoms with Crippen molar-refractivity contribution in [2.45, 2.75) is 19.9 Å². The SMILES string of the molecule is CN(C)CCNC=O.Cc1cc(CN2CCc3c(F)cc(F)cc32)c2oc(N3CCOCC3)cc(=O)c2c1.